The zero-order valence-electron chi connectivity index (χ0n) is 10.6. The first-order chi connectivity index (χ1) is 8.70. The Bertz CT molecular complexity index is 523. The van der Waals surface area contributed by atoms with Crippen LogP contribution in [0.1, 0.15) is 18.9 Å². The molecule has 0 aliphatic carbocycles. The Morgan fingerprint density at radius 1 is 1.17 bits per heavy atom. The van der Waals surface area contributed by atoms with Gasteiger partial charge in [0.05, 0.1) is 5.69 Å². The van der Waals surface area contributed by atoms with Gasteiger partial charge >= 0.3 is 0 Å². The van der Waals surface area contributed by atoms with Gasteiger partial charge in [-0.25, -0.2) is 0 Å². The summed E-state index contributed by atoms with van der Waals surface area (Å²) in [6.07, 6.45) is 1.06. The van der Waals surface area contributed by atoms with Gasteiger partial charge in [0, 0.05) is 12.1 Å². The molecule has 2 aromatic rings. The fourth-order valence-electron chi connectivity index (χ4n) is 1.73. The zero-order chi connectivity index (χ0) is 13.0. The Hall–Kier alpha value is -2.10. The van der Waals surface area contributed by atoms with Crippen molar-refractivity contribution in [2.45, 2.75) is 20.3 Å². The maximum atomic E-state index is 9.27. The second kappa shape index (κ2) is 5.49. The monoisotopic (exact) mass is 243 g/mol. The first kappa shape index (κ1) is 12.4. The number of anilines is 1. The number of hydrogen-bond donors (Lipinski definition) is 2. The van der Waals surface area contributed by atoms with E-state index in [9.17, 15) is 5.11 Å². The fraction of sp³-hybridized carbons (Fsp3) is 0.286. The molecule has 0 saturated carbocycles. The molecule has 0 aliphatic rings. The highest BCUT2D eigenvalue weighted by atomic mass is 16.3. The number of rotatable bonds is 4. The van der Waals surface area contributed by atoms with Crippen molar-refractivity contribution >= 4 is 5.82 Å². The SMILES string of the molecule is CCCNc1cc(C)c(-c2ccc(O)cc2)nn1. The average molecular weight is 243 g/mol. The highest BCUT2D eigenvalue weighted by Crippen LogP contribution is 2.23. The van der Waals surface area contributed by atoms with Crippen molar-refractivity contribution < 1.29 is 5.11 Å². The zero-order valence-corrected chi connectivity index (χ0v) is 10.6. The average Bonchev–Trinajstić information content (AvgIpc) is 2.38. The summed E-state index contributed by atoms with van der Waals surface area (Å²) in [7, 11) is 0. The lowest BCUT2D eigenvalue weighted by Crippen LogP contribution is -2.04. The molecule has 0 fully saturated rings. The number of phenolic OH excluding ortho intramolecular Hbond substituents is 1. The summed E-state index contributed by atoms with van der Waals surface area (Å²) < 4.78 is 0. The largest absolute Gasteiger partial charge is 0.508 e. The van der Waals surface area contributed by atoms with Crippen LogP contribution >= 0.6 is 0 Å². The van der Waals surface area contributed by atoms with Crippen LogP contribution in [0.4, 0.5) is 5.82 Å². The van der Waals surface area contributed by atoms with Gasteiger partial charge in [0.2, 0.25) is 0 Å². The van der Waals surface area contributed by atoms with E-state index in [1.54, 1.807) is 12.1 Å². The van der Waals surface area contributed by atoms with E-state index in [2.05, 4.69) is 22.4 Å². The van der Waals surface area contributed by atoms with Gasteiger partial charge in [-0.1, -0.05) is 6.92 Å². The normalized spacial score (nSPS) is 10.3. The molecular weight excluding hydrogens is 226 g/mol. The highest BCUT2D eigenvalue weighted by Gasteiger charge is 2.06. The molecule has 2 rings (SSSR count). The second-order valence-electron chi connectivity index (χ2n) is 4.23. The van der Waals surface area contributed by atoms with E-state index in [1.165, 1.54) is 0 Å². The standard InChI is InChI=1S/C14H17N3O/c1-3-8-15-13-9-10(2)14(17-16-13)11-4-6-12(18)7-5-11/h4-7,9,18H,3,8H2,1-2H3,(H,15,16). The molecule has 0 aliphatic heterocycles. The van der Waals surface area contributed by atoms with Gasteiger partial charge in [-0.2, -0.15) is 0 Å². The van der Waals surface area contributed by atoms with Gasteiger partial charge in [-0.15, -0.1) is 10.2 Å². The molecule has 1 heterocycles. The first-order valence-corrected chi connectivity index (χ1v) is 6.08. The molecule has 0 radical (unpaired) electrons. The molecule has 0 saturated heterocycles. The van der Waals surface area contributed by atoms with Gasteiger partial charge in [0.25, 0.3) is 0 Å². The Morgan fingerprint density at radius 3 is 2.50 bits per heavy atom. The fourth-order valence-corrected chi connectivity index (χ4v) is 1.73. The summed E-state index contributed by atoms with van der Waals surface area (Å²) >= 11 is 0. The Kier molecular flexibility index (Phi) is 3.77. The summed E-state index contributed by atoms with van der Waals surface area (Å²) in [4.78, 5) is 0. The third-order valence-electron chi connectivity index (χ3n) is 2.68. The van der Waals surface area contributed by atoms with E-state index in [-0.39, 0.29) is 5.75 Å². The Labute approximate surface area is 107 Å². The van der Waals surface area contributed by atoms with Crippen LogP contribution in [-0.4, -0.2) is 21.8 Å². The molecule has 2 N–H and O–H groups in total. The van der Waals surface area contributed by atoms with Crippen LogP contribution in [0.2, 0.25) is 0 Å². The third kappa shape index (κ3) is 2.77. The van der Waals surface area contributed by atoms with Crippen LogP contribution in [0.5, 0.6) is 5.75 Å². The molecule has 4 nitrogen and oxygen atoms in total. The molecule has 4 heteroatoms. The van der Waals surface area contributed by atoms with Crippen molar-refractivity contribution in [3.05, 3.63) is 35.9 Å². The van der Waals surface area contributed by atoms with Gasteiger partial charge in [0.15, 0.2) is 0 Å². The minimum Gasteiger partial charge on any atom is -0.508 e. The summed E-state index contributed by atoms with van der Waals surface area (Å²) in [6, 6.07) is 8.97. The lowest BCUT2D eigenvalue weighted by Gasteiger charge is -2.08. The number of aromatic nitrogens is 2. The van der Waals surface area contributed by atoms with E-state index < -0.39 is 0 Å². The topological polar surface area (TPSA) is 58.0 Å². The molecular formula is C14H17N3O. The molecule has 0 bridgehead atoms. The number of nitrogens with zero attached hydrogens (tertiary/aromatic N) is 2. The van der Waals surface area contributed by atoms with Crippen LogP contribution in [0.25, 0.3) is 11.3 Å². The summed E-state index contributed by atoms with van der Waals surface area (Å²) in [6.45, 7) is 5.01. The number of benzene rings is 1. The molecule has 0 atom stereocenters. The minimum atomic E-state index is 0.255. The Morgan fingerprint density at radius 2 is 1.89 bits per heavy atom. The van der Waals surface area contributed by atoms with Gasteiger partial charge in [-0.3, -0.25) is 0 Å². The highest BCUT2D eigenvalue weighted by molar-refractivity contribution is 5.64. The number of nitrogens with one attached hydrogen (secondary N) is 1. The number of aryl methyl sites for hydroxylation is 1. The van der Waals surface area contributed by atoms with Crippen molar-refractivity contribution in [2.24, 2.45) is 0 Å². The van der Waals surface area contributed by atoms with Crippen molar-refractivity contribution in [2.75, 3.05) is 11.9 Å². The number of hydrogen-bond acceptors (Lipinski definition) is 4. The molecule has 0 spiro atoms. The van der Waals surface area contributed by atoms with Crippen LogP contribution < -0.4 is 5.32 Å². The lowest BCUT2D eigenvalue weighted by atomic mass is 10.1. The van der Waals surface area contributed by atoms with Crippen molar-refractivity contribution in [3.8, 4) is 17.0 Å². The van der Waals surface area contributed by atoms with Crippen molar-refractivity contribution in [1.29, 1.82) is 0 Å². The smallest absolute Gasteiger partial charge is 0.148 e. The van der Waals surface area contributed by atoms with E-state index in [4.69, 9.17) is 0 Å². The van der Waals surface area contributed by atoms with E-state index in [1.807, 2.05) is 25.1 Å². The summed E-state index contributed by atoms with van der Waals surface area (Å²) in [5.41, 5.74) is 2.87. The van der Waals surface area contributed by atoms with E-state index >= 15 is 0 Å². The number of aromatic hydroxyl groups is 1. The molecule has 94 valence electrons. The van der Waals surface area contributed by atoms with E-state index in [0.29, 0.717) is 0 Å². The van der Waals surface area contributed by atoms with Crippen molar-refractivity contribution in [1.82, 2.24) is 10.2 Å². The van der Waals surface area contributed by atoms with Crippen molar-refractivity contribution in [3.63, 3.8) is 0 Å². The summed E-state index contributed by atoms with van der Waals surface area (Å²) in [5.74, 6) is 1.06. The minimum absolute atomic E-state index is 0.255. The summed E-state index contributed by atoms with van der Waals surface area (Å²) in [5, 5.41) is 20.9. The van der Waals surface area contributed by atoms with Crippen LogP contribution in [0, 0.1) is 6.92 Å². The molecule has 1 aromatic carbocycles. The maximum Gasteiger partial charge on any atom is 0.148 e. The quantitative estimate of drug-likeness (QED) is 0.866. The second-order valence-corrected chi connectivity index (χ2v) is 4.23. The molecule has 18 heavy (non-hydrogen) atoms. The lowest BCUT2D eigenvalue weighted by molar-refractivity contribution is 0.475. The third-order valence-corrected chi connectivity index (χ3v) is 2.68. The predicted octanol–water partition coefficient (Wildman–Crippen LogP) is 2.98. The predicted molar refractivity (Wildman–Crippen MR) is 72.7 cm³/mol. The molecule has 1 aromatic heterocycles. The van der Waals surface area contributed by atoms with Crippen LogP contribution in [0.3, 0.4) is 0 Å². The van der Waals surface area contributed by atoms with E-state index in [0.717, 1.165) is 35.6 Å². The maximum absolute atomic E-state index is 9.27. The van der Waals surface area contributed by atoms with Gasteiger partial charge < -0.3 is 10.4 Å². The Balaban J connectivity index is 2.26. The van der Waals surface area contributed by atoms with Crippen LogP contribution in [-0.2, 0) is 0 Å². The molecule has 0 amide bonds. The first-order valence-electron chi connectivity index (χ1n) is 6.08. The van der Waals surface area contributed by atoms with Gasteiger partial charge in [-0.05, 0) is 49.2 Å². The molecule has 0 unspecified atom stereocenters. The van der Waals surface area contributed by atoms with Gasteiger partial charge in [0.1, 0.15) is 11.6 Å². The van der Waals surface area contributed by atoms with Crippen LogP contribution in [0.15, 0.2) is 30.3 Å². The number of phenols is 1.